The number of hydrogen-bond acceptors (Lipinski definition) is 5. The fraction of sp³-hybridized carbons (Fsp3) is 0.346. The Labute approximate surface area is 189 Å². The van der Waals surface area contributed by atoms with Crippen molar-refractivity contribution in [3.63, 3.8) is 0 Å². The van der Waals surface area contributed by atoms with E-state index in [9.17, 15) is 13.2 Å². The van der Waals surface area contributed by atoms with E-state index in [1.165, 1.54) is 0 Å². The van der Waals surface area contributed by atoms with Gasteiger partial charge in [-0.3, -0.25) is 4.79 Å². The van der Waals surface area contributed by atoms with Crippen molar-refractivity contribution in [3.05, 3.63) is 82.0 Å². The zero-order valence-corrected chi connectivity index (χ0v) is 19.4. The van der Waals surface area contributed by atoms with Crippen molar-refractivity contribution in [1.29, 1.82) is 0 Å². The molecule has 32 heavy (non-hydrogen) atoms. The molecule has 0 N–H and O–H groups in total. The first-order valence-electron chi connectivity index (χ1n) is 10.9. The largest absolute Gasteiger partial charge is 0.497 e. The average Bonchev–Trinajstić information content (AvgIpc) is 3.07. The third-order valence-electron chi connectivity index (χ3n) is 6.66. The molecule has 1 aliphatic carbocycles. The topological polar surface area (TPSA) is 63.7 Å². The minimum atomic E-state index is -3.50. The maximum Gasteiger partial charge on any atom is 0.177 e. The van der Waals surface area contributed by atoms with Gasteiger partial charge in [-0.05, 0) is 41.7 Å². The van der Waals surface area contributed by atoms with Crippen LogP contribution in [0.4, 0.5) is 5.69 Å². The first-order chi connectivity index (χ1) is 15.2. The van der Waals surface area contributed by atoms with E-state index >= 15 is 0 Å². The number of anilines is 1. The first-order valence-corrected chi connectivity index (χ1v) is 12.6. The molecule has 6 heteroatoms. The van der Waals surface area contributed by atoms with Crippen LogP contribution in [0.3, 0.4) is 0 Å². The number of allylic oxidation sites excluding steroid dienone is 4. The van der Waals surface area contributed by atoms with Crippen molar-refractivity contribution in [2.75, 3.05) is 17.8 Å². The molecule has 1 atom stereocenters. The lowest BCUT2D eigenvalue weighted by Crippen LogP contribution is -2.39. The van der Waals surface area contributed by atoms with Crippen molar-refractivity contribution < 1.29 is 17.9 Å². The summed E-state index contributed by atoms with van der Waals surface area (Å²) in [6, 6.07) is 17.3. The number of rotatable bonds is 3. The molecular weight excluding hydrogens is 422 g/mol. The van der Waals surface area contributed by atoms with Crippen molar-refractivity contribution in [2.45, 2.75) is 39.0 Å². The lowest BCUT2D eigenvalue weighted by molar-refractivity contribution is -0.118. The van der Waals surface area contributed by atoms with Gasteiger partial charge in [0.05, 0.1) is 23.7 Å². The molecule has 5 rings (SSSR count). The lowest BCUT2D eigenvalue weighted by Gasteiger charge is -2.44. The number of para-hydroxylation sites is 1. The van der Waals surface area contributed by atoms with Gasteiger partial charge in [-0.15, -0.1) is 0 Å². The molecule has 0 amide bonds. The van der Waals surface area contributed by atoms with E-state index in [-0.39, 0.29) is 17.0 Å². The maximum absolute atomic E-state index is 13.6. The molecule has 2 aromatic carbocycles. The number of ketones is 1. The second kappa shape index (κ2) is 7.34. The molecule has 2 aromatic rings. The predicted molar refractivity (Wildman–Crippen MR) is 125 cm³/mol. The summed E-state index contributed by atoms with van der Waals surface area (Å²) in [5.41, 5.74) is 3.84. The molecule has 0 saturated carbocycles. The number of nitrogens with zero attached hydrogens (tertiary/aromatic N) is 1. The minimum absolute atomic E-state index is 0.0265. The van der Waals surface area contributed by atoms with Crippen LogP contribution in [0.25, 0.3) is 0 Å². The van der Waals surface area contributed by atoms with Gasteiger partial charge in [0.25, 0.3) is 0 Å². The monoisotopic (exact) mass is 449 g/mol. The zero-order chi connectivity index (χ0) is 22.7. The van der Waals surface area contributed by atoms with Crippen molar-refractivity contribution in [3.8, 4) is 5.75 Å². The van der Waals surface area contributed by atoms with Gasteiger partial charge in [-0.2, -0.15) is 0 Å². The van der Waals surface area contributed by atoms with E-state index in [4.69, 9.17) is 4.74 Å². The summed E-state index contributed by atoms with van der Waals surface area (Å²) in [5.74, 6) is 0.153. The van der Waals surface area contributed by atoms with Gasteiger partial charge in [0.15, 0.2) is 15.6 Å². The van der Waals surface area contributed by atoms with Crippen LogP contribution in [0, 0.1) is 5.41 Å². The van der Waals surface area contributed by atoms with Crippen molar-refractivity contribution >= 4 is 21.3 Å². The van der Waals surface area contributed by atoms with Crippen LogP contribution in [0.5, 0.6) is 5.75 Å². The third kappa shape index (κ3) is 3.28. The number of carbonyl (C=O) groups is 1. The van der Waals surface area contributed by atoms with Crippen LogP contribution in [-0.2, 0) is 14.6 Å². The molecule has 1 unspecified atom stereocenters. The number of methoxy groups -OCH3 is 1. The predicted octanol–water partition coefficient (Wildman–Crippen LogP) is 4.97. The van der Waals surface area contributed by atoms with Crippen LogP contribution in [0.15, 0.2) is 76.5 Å². The SMILES string of the molecule is COc1cccc(C2C3=C(CC(C)(C)CC3=O)N(c3ccccc3)C3=C2S(=O)(=O)CC3)c1. The summed E-state index contributed by atoms with van der Waals surface area (Å²) in [6.45, 7) is 4.21. The van der Waals surface area contributed by atoms with Crippen LogP contribution in [0.1, 0.15) is 44.6 Å². The van der Waals surface area contributed by atoms with Gasteiger partial charge in [0.1, 0.15) is 5.75 Å². The fourth-order valence-corrected chi connectivity index (χ4v) is 7.21. The minimum Gasteiger partial charge on any atom is -0.497 e. The molecule has 0 spiro atoms. The summed E-state index contributed by atoms with van der Waals surface area (Å²) in [6.07, 6.45) is 1.55. The Morgan fingerprint density at radius 2 is 1.75 bits per heavy atom. The smallest absolute Gasteiger partial charge is 0.177 e. The molecule has 0 bridgehead atoms. The standard InChI is InChI=1S/C26H27NO4S/c1-26(2)15-21-24(22(28)16-26)23(17-8-7-11-19(14-17)31-3)25-20(12-13-32(25,29)30)27(21)18-9-5-4-6-10-18/h4-11,14,23H,12-13,15-16H2,1-3H3. The Hall–Kier alpha value is -2.86. The second-order valence-electron chi connectivity index (χ2n) is 9.56. The Morgan fingerprint density at radius 1 is 1.00 bits per heavy atom. The van der Waals surface area contributed by atoms with E-state index in [1.54, 1.807) is 7.11 Å². The van der Waals surface area contributed by atoms with Gasteiger partial charge in [-0.1, -0.05) is 44.2 Å². The molecule has 0 radical (unpaired) electrons. The second-order valence-corrected chi connectivity index (χ2v) is 11.6. The van der Waals surface area contributed by atoms with Gasteiger partial charge in [0.2, 0.25) is 0 Å². The summed E-state index contributed by atoms with van der Waals surface area (Å²) in [5, 5.41) is 0. The molecule has 0 saturated heterocycles. The number of sulfone groups is 1. The highest BCUT2D eigenvalue weighted by Crippen LogP contribution is 2.54. The number of hydrogen-bond donors (Lipinski definition) is 0. The molecule has 5 nitrogen and oxygen atoms in total. The van der Waals surface area contributed by atoms with E-state index in [1.807, 2.05) is 54.6 Å². The summed E-state index contributed by atoms with van der Waals surface area (Å²) < 4.78 is 32.2. The molecular formula is C26H27NO4S. The van der Waals surface area contributed by atoms with E-state index < -0.39 is 15.8 Å². The number of Topliss-reactive ketones (excluding diaryl/α,β-unsaturated/α-hetero) is 1. The van der Waals surface area contributed by atoms with E-state index in [2.05, 4.69) is 18.7 Å². The zero-order valence-electron chi connectivity index (χ0n) is 18.6. The molecule has 3 aliphatic rings. The van der Waals surface area contributed by atoms with E-state index in [0.29, 0.717) is 35.5 Å². The Morgan fingerprint density at radius 3 is 2.47 bits per heavy atom. The van der Waals surface area contributed by atoms with Crippen LogP contribution in [-0.4, -0.2) is 27.1 Å². The van der Waals surface area contributed by atoms with Crippen LogP contribution >= 0.6 is 0 Å². The van der Waals surface area contributed by atoms with Crippen LogP contribution in [0.2, 0.25) is 0 Å². The Balaban J connectivity index is 1.83. The molecule has 2 heterocycles. The highest BCUT2D eigenvalue weighted by atomic mass is 32.2. The summed E-state index contributed by atoms with van der Waals surface area (Å²) >= 11 is 0. The fourth-order valence-electron chi connectivity index (χ4n) is 5.36. The van der Waals surface area contributed by atoms with Gasteiger partial charge < -0.3 is 9.64 Å². The van der Waals surface area contributed by atoms with Crippen LogP contribution < -0.4 is 9.64 Å². The lowest BCUT2D eigenvalue weighted by atomic mass is 9.70. The first kappa shape index (κ1) is 21.0. The molecule has 2 aliphatic heterocycles. The van der Waals surface area contributed by atoms with Gasteiger partial charge >= 0.3 is 0 Å². The number of ether oxygens (including phenoxy) is 1. The molecule has 166 valence electrons. The maximum atomic E-state index is 13.6. The normalized spacial score (nSPS) is 23.8. The number of benzene rings is 2. The van der Waals surface area contributed by atoms with Gasteiger partial charge in [-0.25, -0.2) is 8.42 Å². The third-order valence-corrected chi connectivity index (χ3v) is 8.54. The highest BCUT2D eigenvalue weighted by molar-refractivity contribution is 7.95. The summed E-state index contributed by atoms with van der Waals surface area (Å²) in [7, 11) is -1.91. The van der Waals surface area contributed by atoms with Gasteiger partial charge in [0, 0.05) is 35.5 Å². The Bertz CT molecular complexity index is 1270. The van der Waals surface area contributed by atoms with Crippen molar-refractivity contribution in [2.24, 2.45) is 5.41 Å². The average molecular weight is 450 g/mol. The highest BCUT2D eigenvalue weighted by Gasteiger charge is 2.50. The number of carbonyl (C=O) groups excluding carboxylic acids is 1. The quantitative estimate of drug-likeness (QED) is 0.662. The Kier molecular flexibility index (Phi) is 4.82. The van der Waals surface area contributed by atoms with Crippen molar-refractivity contribution in [1.82, 2.24) is 0 Å². The molecule has 0 aromatic heterocycles. The summed E-state index contributed by atoms with van der Waals surface area (Å²) in [4.78, 5) is 16.1. The molecule has 0 fully saturated rings. The van der Waals surface area contributed by atoms with E-state index in [0.717, 1.165) is 22.6 Å².